The zero-order chi connectivity index (χ0) is 34.2. The number of rotatable bonds is 18. The molecule has 0 saturated heterocycles. The van der Waals surface area contributed by atoms with Crippen LogP contribution in [0.15, 0.2) is 66.7 Å². The molecule has 0 aromatic heterocycles. The third kappa shape index (κ3) is 13.3. The Morgan fingerprint density at radius 1 is 0.872 bits per heavy atom. The number of hydrogen-bond acceptors (Lipinski definition) is 10. The van der Waals surface area contributed by atoms with Gasteiger partial charge >= 0.3 is 18.1 Å². The van der Waals surface area contributed by atoms with Gasteiger partial charge in [-0.05, 0) is 85.0 Å². The molecule has 3 aromatic rings. The number of nitrogen functional groups attached to an aromatic ring is 2. The van der Waals surface area contributed by atoms with Crippen LogP contribution in [-0.4, -0.2) is 43.7 Å². The fourth-order valence-electron chi connectivity index (χ4n) is 4.52. The number of nitrogens with two attached hydrogens (primary N) is 2. The summed E-state index contributed by atoms with van der Waals surface area (Å²) in [7, 11) is 1.35. The van der Waals surface area contributed by atoms with Crippen molar-refractivity contribution in [2.24, 2.45) is 0 Å². The maximum atomic E-state index is 12.6. The van der Waals surface area contributed by atoms with Crippen molar-refractivity contribution >= 4 is 29.4 Å². The van der Waals surface area contributed by atoms with Crippen molar-refractivity contribution < 1.29 is 51.9 Å². The monoisotopic (exact) mass is 660 g/mol. The van der Waals surface area contributed by atoms with E-state index in [2.05, 4.69) is 4.89 Å². The summed E-state index contributed by atoms with van der Waals surface area (Å²) in [5.41, 5.74) is 14.2. The molecule has 0 spiro atoms. The Labute approximate surface area is 270 Å². The van der Waals surface area contributed by atoms with Crippen LogP contribution in [0, 0.1) is 0 Å². The van der Waals surface area contributed by atoms with Gasteiger partial charge in [-0.3, -0.25) is 5.26 Å². The number of anilines is 2. The summed E-state index contributed by atoms with van der Waals surface area (Å²) in [6, 6.07) is 15.7. The summed E-state index contributed by atoms with van der Waals surface area (Å²) in [5, 5.41) is 9.26. The third-order valence-corrected chi connectivity index (χ3v) is 6.87. The summed E-state index contributed by atoms with van der Waals surface area (Å²) in [4.78, 5) is 29.3. The van der Waals surface area contributed by atoms with Gasteiger partial charge < -0.3 is 30.4 Å². The zero-order valence-corrected chi connectivity index (χ0v) is 26.0. The lowest BCUT2D eigenvalue weighted by molar-refractivity contribution is -0.283. The normalized spacial score (nSPS) is 12.1. The molecule has 5 N–H and O–H groups in total. The molecular formula is C34H39F3N2O8. The van der Waals surface area contributed by atoms with E-state index in [1.807, 2.05) is 0 Å². The van der Waals surface area contributed by atoms with E-state index < -0.39 is 30.6 Å². The first-order valence-electron chi connectivity index (χ1n) is 15.0. The summed E-state index contributed by atoms with van der Waals surface area (Å²) >= 11 is 0. The second-order valence-corrected chi connectivity index (χ2v) is 10.6. The molecule has 0 radical (unpaired) electrons. The van der Waals surface area contributed by atoms with Crippen LogP contribution in [-0.2, 0) is 14.4 Å². The van der Waals surface area contributed by atoms with Crippen molar-refractivity contribution in [3.8, 4) is 17.2 Å². The lowest BCUT2D eigenvalue weighted by Gasteiger charge is -2.15. The summed E-state index contributed by atoms with van der Waals surface area (Å²) in [6.45, 7) is 0.103. The van der Waals surface area contributed by atoms with Crippen LogP contribution in [0.4, 0.5) is 24.5 Å². The molecule has 0 fully saturated rings. The molecule has 0 heterocycles. The molecular weight excluding hydrogens is 621 g/mol. The molecule has 3 aromatic carbocycles. The van der Waals surface area contributed by atoms with Crippen molar-refractivity contribution in [2.75, 3.05) is 31.8 Å². The quantitative estimate of drug-likeness (QED) is 0.0237. The molecule has 47 heavy (non-hydrogen) atoms. The number of methoxy groups -OCH3 is 1. The number of esters is 2. The molecule has 13 heteroatoms. The average Bonchev–Trinajstić information content (AvgIpc) is 3.03. The van der Waals surface area contributed by atoms with Gasteiger partial charge in [0, 0.05) is 23.9 Å². The van der Waals surface area contributed by atoms with Crippen LogP contribution in [0.25, 0.3) is 6.08 Å². The molecule has 1 unspecified atom stereocenters. The van der Waals surface area contributed by atoms with E-state index >= 15 is 0 Å². The van der Waals surface area contributed by atoms with Gasteiger partial charge in [-0.2, -0.15) is 13.2 Å². The maximum Gasteiger partial charge on any atom is 0.389 e. The molecule has 0 saturated carbocycles. The van der Waals surface area contributed by atoms with E-state index in [1.165, 1.54) is 31.4 Å². The highest BCUT2D eigenvalue weighted by Crippen LogP contribution is 2.30. The first kappa shape index (κ1) is 36.7. The van der Waals surface area contributed by atoms with Crippen LogP contribution >= 0.6 is 0 Å². The molecule has 254 valence electrons. The van der Waals surface area contributed by atoms with Gasteiger partial charge in [-0.1, -0.05) is 31.4 Å². The minimum Gasteiger partial charge on any atom is -0.493 e. The van der Waals surface area contributed by atoms with Crippen molar-refractivity contribution in [3.63, 3.8) is 0 Å². The lowest BCUT2D eigenvalue weighted by Crippen LogP contribution is -2.11. The first-order valence-corrected chi connectivity index (χ1v) is 15.0. The number of alkyl halides is 3. The molecule has 10 nitrogen and oxygen atoms in total. The molecule has 0 aliphatic carbocycles. The molecule has 0 bridgehead atoms. The number of carbonyl (C=O) groups excluding carboxylic acids is 2. The summed E-state index contributed by atoms with van der Waals surface area (Å²) in [6.07, 6.45) is 0.639. The van der Waals surface area contributed by atoms with Crippen molar-refractivity contribution in [3.05, 3.63) is 83.4 Å². The highest BCUT2D eigenvalue weighted by Gasteiger charge is 2.26. The number of halogens is 3. The number of hydrogen-bond donors (Lipinski definition) is 3. The predicted molar refractivity (Wildman–Crippen MR) is 170 cm³/mol. The number of unbranched alkanes of at least 4 members (excludes halogenated alkanes) is 3. The van der Waals surface area contributed by atoms with Gasteiger partial charge in [0.25, 0.3) is 0 Å². The fraction of sp³-hybridized carbons (Fsp3) is 0.353. The van der Waals surface area contributed by atoms with Gasteiger partial charge in [-0.15, -0.1) is 0 Å². The highest BCUT2D eigenvalue weighted by atomic mass is 19.4. The lowest BCUT2D eigenvalue weighted by atomic mass is 10.0. The van der Waals surface area contributed by atoms with Gasteiger partial charge in [0.15, 0.2) is 11.5 Å². The molecule has 3 rings (SSSR count). The largest absolute Gasteiger partial charge is 0.493 e. The molecule has 0 aliphatic heterocycles. The third-order valence-electron chi connectivity index (χ3n) is 6.87. The zero-order valence-electron chi connectivity index (χ0n) is 26.0. The minimum atomic E-state index is -4.26. The topological polar surface area (TPSA) is 153 Å². The Kier molecular flexibility index (Phi) is 14.4. The average molecular weight is 661 g/mol. The van der Waals surface area contributed by atoms with Crippen LogP contribution in [0.5, 0.6) is 17.2 Å². The van der Waals surface area contributed by atoms with Crippen LogP contribution in [0.2, 0.25) is 0 Å². The Morgan fingerprint density at radius 2 is 1.57 bits per heavy atom. The number of benzene rings is 3. The van der Waals surface area contributed by atoms with E-state index in [4.69, 9.17) is 30.4 Å². The Morgan fingerprint density at radius 3 is 2.23 bits per heavy atom. The highest BCUT2D eigenvalue weighted by molar-refractivity contribution is 5.92. The second kappa shape index (κ2) is 18.4. The molecule has 0 amide bonds. The van der Waals surface area contributed by atoms with Crippen LogP contribution < -0.4 is 25.7 Å². The van der Waals surface area contributed by atoms with Gasteiger partial charge in [0.2, 0.25) is 0 Å². The van der Waals surface area contributed by atoms with E-state index in [0.717, 1.165) is 19.3 Å². The van der Waals surface area contributed by atoms with E-state index in [0.29, 0.717) is 35.3 Å². The maximum absolute atomic E-state index is 12.6. The molecule has 1 atom stereocenters. The fourth-order valence-corrected chi connectivity index (χ4v) is 4.52. The Balaban J connectivity index is 1.36. The van der Waals surface area contributed by atoms with E-state index in [-0.39, 0.29) is 42.4 Å². The Hall–Kier alpha value is -4.75. The Bertz CT molecular complexity index is 1460. The van der Waals surface area contributed by atoms with E-state index in [1.54, 1.807) is 48.5 Å². The van der Waals surface area contributed by atoms with Crippen LogP contribution in [0.1, 0.15) is 72.5 Å². The summed E-state index contributed by atoms with van der Waals surface area (Å²) < 4.78 is 58.2. The van der Waals surface area contributed by atoms with Crippen LogP contribution in [0.3, 0.4) is 0 Å². The number of ether oxygens (including phenoxy) is 4. The second-order valence-electron chi connectivity index (χ2n) is 10.6. The van der Waals surface area contributed by atoms with Crippen molar-refractivity contribution in [2.45, 2.75) is 57.2 Å². The van der Waals surface area contributed by atoms with Crippen molar-refractivity contribution in [1.82, 2.24) is 0 Å². The van der Waals surface area contributed by atoms with E-state index in [9.17, 15) is 28.0 Å². The van der Waals surface area contributed by atoms with Gasteiger partial charge in [0.05, 0.1) is 25.9 Å². The predicted octanol–water partition coefficient (Wildman–Crippen LogP) is 7.54. The van der Waals surface area contributed by atoms with Gasteiger partial charge in [-0.25, -0.2) is 14.5 Å². The molecule has 0 aliphatic rings. The van der Waals surface area contributed by atoms with Gasteiger partial charge in [0.1, 0.15) is 11.9 Å². The number of carbonyl (C=O) groups is 2. The summed E-state index contributed by atoms with van der Waals surface area (Å²) in [5.74, 6) is -0.514. The van der Waals surface area contributed by atoms with Crippen molar-refractivity contribution in [1.29, 1.82) is 0 Å². The minimum absolute atomic E-state index is 0.156. The SMILES string of the molecule is COc1cc(C(=O)Oc2ccc(/C=C/C(=O)OCCCCCCC(OO)c3cc(N)cc(N)c3)cc2)ccc1OCCCC(F)(F)F. The standard InChI is InChI=1S/C34H39F3N2O8/c1-43-31-21-24(11-14-30(31)44-18-6-16-34(35,36)37)33(41)46-28-12-8-23(9-13-28)10-15-32(40)45-17-5-3-2-4-7-29(47-42)25-19-26(38)22-27(39)20-25/h8-15,19-22,29,42H,2-7,16-18,38-39H2,1H3/b15-10+. The smallest absolute Gasteiger partial charge is 0.389 e. The first-order chi connectivity index (χ1) is 22.5.